The molecule has 0 radical (unpaired) electrons. The number of hydrogen-bond donors (Lipinski definition) is 1. The molecule has 1 rings (SSSR count). The molecule has 7 heteroatoms. The average molecular weight is 273 g/mol. The summed E-state index contributed by atoms with van der Waals surface area (Å²) in [7, 11) is 1.48. The minimum absolute atomic E-state index is 0.289. The Morgan fingerprint density at radius 2 is 2.47 bits per heavy atom. The Morgan fingerprint density at radius 3 is 3.00 bits per heavy atom. The van der Waals surface area contributed by atoms with Crippen molar-refractivity contribution in [3.05, 3.63) is 32.9 Å². The first-order valence-corrected chi connectivity index (χ1v) is 4.86. The second-order valence-electron chi connectivity index (χ2n) is 2.64. The minimum Gasteiger partial charge on any atom is -0.495 e. The van der Waals surface area contributed by atoms with Crippen LogP contribution in [0, 0.1) is 0 Å². The lowest BCUT2D eigenvalue weighted by Crippen LogP contribution is -2.04. The van der Waals surface area contributed by atoms with Crippen molar-refractivity contribution in [2.75, 3.05) is 13.7 Å². The van der Waals surface area contributed by atoms with Crippen molar-refractivity contribution in [2.45, 2.75) is 6.04 Å². The second-order valence-corrected chi connectivity index (χ2v) is 3.49. The second kappa shape index (κ2) is 5.55. The molecule has 1 N–H and O–H groups in total. The molecule has 0 aliphatic rings. The van der Waals surface area contributed by atoms with E-state index in [-0.39, 0.29) is 6.61 Å². The van der Waals surface area contributed by atoms with Crippen LogP contribution in [0.1, 0.15) is 11.6 Å². The van der Waals surface area contributed by atoms with Crippen LogP contribution in [0.5, 0.6) is 5.75 Å². The van der Waals surface area contributed by atoms with Gasteiger partial charge < -0.3 is 9.84 Å². The van der Waals surface area contributed by atoms with E-state index in [0.29, 0.717) is 15.8 Å². The normalized spacial score (nSPS) is 11.7. The molecule has 1 atom stereocenters. The summed E-state index contributed by atoms with van der Waals surface area (Å²) in [4.78, 5) is 6.57. The van der Waals surface area contributed by atoms with Gasteiger partial charge in [-0.1, -0.05) is 5.11 Å². The van der Waals surface area contributed by atoms with E-state index in [0.717, 1.165) is 0 Å². The van der Waals surface area contributed by atoms with Gasteiger partial charge in [0.15, 0.2) is 0 Å². The van der Waals surface area contributed by atoms with E-state index in [1.807, 2.05) is 0 Å². The number of pyridine rings is 1. The lowest BCUT2D eigenvalue weighted by Gasteiger charge is -2.13. The molecule has 0 spiro atoms. The molecule has 1 heterocycles. The maximum absolute atomic E-state index is 9.09. The van der Waals surface area contributed by atoms with Gasteiger partial charge in [0.25, 0.3) is 0 Å². The smallest absolute Gasteiger partial charge is 0.141 e. The van der Waals surface area contributed by atoms with Gasteiger partial charge in [-0.15, -0.1) is 0 Å². The van der Waals surface area contributed by atoms with E-state index < -0.39 is 6.04 Å². The molecule has 15 heavy (non-hydrogen) atoms. The molecule has 0 fully saturated rings. The Balaban J connectivity index is 3.25. The lowest BCUT2D eigenvalue weighted by molar-refractivity contribution is 0.264. The van der Waals surface area contributed by atoms with E-state index >= 15 is 0 Å². The number of aromatic nitrogens is 1. The van der Waals surface area contributed by atoms with Crippen molar-refractivity contribution in [2.24, 2.45) is 5.11 Å². The van der Waals surface area contributed by atoms with Crippen LogP contribution in [0.4, 0.5) is 0 Å². The van der Waals surface area contributed by atoms with E-state index in [9.17, 15) is 0 Å². The summed E-state index contributed by atoms with van der Waals surface area (Å²) in [5, 5.41) is 12.6. The number of nitrogens with zero attached hydrogens (tertiary/aromatic N) is 4. The molecule has 80 valence electrons. The van der Waals surface area contributed by atoms with Crippen LogP contribution >= 0.6 is 15.9 Å². The predicted octanol–water partition coefficient (Wildman–Crippen LogP) is 2.20. The Labute approximate surface area is 94.7 Å². The van der Waals surface area contributed by atoms with Gasteiger partial charge in [-0.2, -0.15) is 0 Å². The predicted molar refractivity (Wildman–Crippen MR) is 57.5 cm³/mol. The molecule has 1 unspecified atom stereocenters. The Hall–Kier alpha value is -1.30. The number of aliphatic hydroxyl groups excluding tert-OH is 1. The first kappa shape index (κ1) is 11.8. The van der Waals surface area contributed by atoms with Crippen LogP contribution in [0.2, 0.25) is 0 Å². The van der Waals surface area contributed by atoms with Crippen molar-refractivity contribution in [1.29, 1.82) is 0 Å². The highest BCUT2D eigenvalue weighted by Gasteiger charge is 2.17. The quantitative estimate of drug-likeness (QED) is 0.517. The Kier molecular flexibility index (Phi) is 4.36. The number of azide groups is 1. The van der Waals surface area contributed by atoms with Gasteiger partial charge in [0.2, 0.25) is 0 Å². The summed E-state index contributed by atoms with van der Waals surface area (Å²) in [6, 6.07) is -0.678. The van der Waals surface area contributed by atoms with Crippen LogP contribution in [0.3, 0.4) is 0 Å². The molecule has 0 saturated heterocycles. The number of rotatable bonds is 4. The fourth-order valence-corrected chi connectivity index (χ4v) is 1.74. The maximum Gasteiger partial charge on any atom is 0.141 e. The van der Waals surface area contributed by atoms with E-state index in [1.54, 1.807) is 6.20 Å². The van der Waals surface area contributed by atoms with E-state index in [4.69, 9.17) is 15.4 Å². The van der Waals surface area contributed by atoms with Crippen molar-refractivity contribution in [3.8, 4) is 5.75 Å². The molecule has 1 aromatic heterocycles. The van der Waals surface area contributed by atoms with Crippen LogP contribution in [0.15, 0.2) is 22.0 Å². The molecule has 0 amide bonds. The highest BCUT2D eigenvalue weighted by Crippen LogP contribution is 2.33. The van der Waals surface area contributed by atoms with Crippen molar-refractivity contribution >= 4 is 15.9 Å². The fourth-order valence-electron chi connectivity index (χ4n) is 1.16. The highest BCUT2D eigenvalue weighted by molar-refractivity contribution is 9.10. The van der Waals surface area contributed by atoms with Crippen LogP contribution in [0.25, 0.3) is 10.4 Å². The monoisotopic (exact) mass is 272 g/mol. The number of halogens is 1. The maximum atomic E-state index is 9.09. The number of ether oxygens (including phenoxy) is 1. The molecule has 0 aromatic carbocycles. The third kappa shape index (κ3) is 2.59. The average Bonchev–Trinajstić information content (AvgIpc) is 2.26. The van der Waals surface area contributed by atoms with E-state index in [1.165, 1.54) is 13.3 Å². The topological polar surface area (TPSA) is 91.1 Å². The zero-order chi connectivity index (χ0) is 11.3. The molecular weight excluding hydrogens is 264 g/mol. The van der Waals surface area contributed by atoms with Crippen LogP contribution in [-0.4, -0.2) is 23.8 Å². The largest absolute Gasteiger partial charge is 0.495 e. The minimum atomic E-state index is -0.678. The summed E-state index contributed by atoms with van der Waals surface area (Å²) >= 11 is 3.26. The summed E-state index contributed by atoms with van der Waals surface area (Å²) in [6.45, 7) is -0.289. The van der Waals surface area contributed by atoms with E-state index in [2.05, 4.69) is 30.9 Å². The third-order valence-electron chi connectivity index (χ3n) is 1.82. The molecule has 0 bridgehead atoms. The van der Waals surface area contributed by atoms with Crippen LogP contribution in [-0.2, 0) is 0 Å². The molecule has 0 aliphatic carbocycles. The zero-order valence-electron chi connectivity index (χ0n) is 7.96. The van der Waals surface area contributed by atoms with Gasteiger partial charge in [-0.3, -0.25) is 4.98 Å². The fraction of sp³-hybridized carbons (Fsp3) is 0.375. The molecule has 0 aliphatic heterocycles. The van der Waals surface area contributed by atoms with Gasteiger partial charge in [0.05, 0.1) is 26.0 Å². The summed E-state index contributed by atoms with van der Waals surface area (Å²) in [5.41, 5.74) is 8.95. The molecule has 1 aromatic rings. The summed E-state index contributed by atoms with van der Waals surface area (Å²) < 4.78 is 5.70. The highest BCUT2D eigenvalue weighted by atomic mass is 79.9. The Morgan fingerprint density at radius 1 is 1.73 bits per heavy atom. The summed E-state index contributed by atoms with van der Waals surface area (Å²) in [6.07, 6.45) is 3.04. The van der Waals surface area contributed by atoms with Gasteiger partial charge in [0, 0.05) is 21.1 Å². The molecular formula is C8H9BrN4O2. The standard InChI is InChI=1S/C8H9BrN4O2/c1-15-7-3-11-2-5(9)8(7)6(4-14)12-13-10/h2-3,6,14H,4H2,1H3. The van der Waals surface area contributed by atoms with Gasteiger partial charge in [-0.25, -0.2) is 0 Å². The van der Waals surface area contributed by atoms with Gasteiger partial charge in [-0.05, 0) is 21.5 Å². The number of hydrogen-bond acceptors (Lipinski definition) is 4. The molecule has 0 saturated carbocycles. The van der Waals surface area contributed by atoms with Crippen molar-refractivity contribution in [3.63, 3.8) is 0 Å². The number of aliphatic hydroxyl groups is 1. The number of methoxy groups -OCH3 is 1. The molecule has 6 nitrogen and oxygen atoms in total. The lowest BCUT2D eigenvalue weighted by atomic mass is 10.1. The van der Waals surface area contributed by atoms with Crippen LogP contribution < -0.4 is 4.74 Å². The van der Waals surface area contributed by atoms with Gasteiger partial charge in [0.1, 0.15) is 5.75 Å². The van der Waals surface area contributed by atoms with Crippen molar-refractivity contribution < 1.29 is 9.84 Å². The van der Waals surface area contributed by atoms with Crippen molar-refractivity contribution in [1.82, 2.24) is 4.98 Å². The third-order valence-corrected chi connectivity index (χ3v) is 2.45. The zero-order valence-corrected chi connectivity index (χ0v) is 9.55. The Bertz CT molecular complexity index is 392. The van der Waals surface area contributed by atoms with Gasteiger partial charge >= 0.3 is 0 Å². The summed E-state index contributed by atoms with van der Waals surface area (Å²) in [5.74, 6) is 0.468. The first-order valence-electron chi connectivity index (χ1n) is 4.07. The SMILES string of the molecule is COc1cncc(Br)c1C(CO)N=[N+]=[N-]. The first-order chi connectivity index (χ1) is 7.24.